The van der Waals surface area contributed by atoms with Gasteiger partial charge in [0, 0.05) is 6.07 Å². The van der Waals surface area contributed by atoms with Crippen molar-refractivity contribution in [3.8, 4) is 0 Å². The van der Waals surface area contributed by atoms with Crippen LogP contribution < -0.4 is 11.5 Å². The number of nitrogens with two attached hydrogens (primary N) is 2. The Morgan fingerprint density at radius 1 is 1.06 bits per heavy atom. The van der Waals surface area contributed by atoms with Crippen LogP contribution >= 0.6 is 23.4 Å². The van der Waals surface area contributed by atoms with Crippen LogP contribution in [0, 0.1) is 0 Å². The zero-order valence-electron chi connectivity index (χ0n) is 7.96. The quantitative estimate of drug-likeness (QED) is 0.777. The molecule has 8 heteroatoms. The van der Waals surface area contributed by atoms with E-state index in [1.54, 1.807) is 12.1 Å². The Labute approximate surface area is 100 Å². The number of aromatic nitrogens is 4. The highest BCUT2D eigenvalue weighted by Crippen LogP contribution is 2.23. The molecule has 0 fully saturated rings. The van der Waals surface area contributed by atoms with Crippen LogP contribution in [0.15, 0.2) is 28.4 Å². The SMILES string of the molecule is Nc1cc(N)nc(Sc2ccc(Cl)nn2)n1. The van der Waals surface area contributed by atoms with Crippen LogP contribution in [0.1, 0.15) is 0 Å². The van der Waals surface area contributed by atoms with Gasteiger partial charge in [-0.25, -0.2) is 9.97 Å². The highest BCUT2D eigenvalue weighted by Gasteiger charge is 2.04. The first kappa shape index (κ1) is 10.9. The lowest BCUT2D eigenvalue weighted by molar-refractivity contribution is 0.916. The van der Waals surface area contributed by atoms with Crippen molar-refractivity contribution in [2.45, 2.75) is 10.2 Å². The van der Waals surface area contributed by atoms with Gasteiger partial charge >= 0.3 is 0 Å². The average Bonchev–Trinajstić information content (AvgIpc) is 2.20. The van der Waals surface area contributed by atoms with E-state index in [0.717, 1.165) is 0 Å². The van der Waals surface area contributed by atoms with E-state index in [1.807, 2.05) is 0 Å². The summed E-state index contributed by atoms with van der Waals surface area (Å²) in [6, 6.07) is 4.83. The van der Waals surface area contributed by atoms with Crippen LogP contribution in [0.25, 0.3) is 0 Å². The molecule has 0 aromatic carbocycles. The Hall–Kier alpha value is -1.60. The van der Waals surface area contributed by atoms with E-state index < -0.39 is 0 Å². The van der Waals surface area contributed by atoms with Crippen LogP contribution in [0.3, 0.4) is 0 Å². The number of halogens is 1. The number of hydrogen-bond acceptors (Lipinski definition) is 7. The van der Waals surface area contributed by atoms with Crippen LogP contribution in [-0.4, -0.2) is 20.2 Å². The molecular formula is C8H7ClN6S. The van der Waals surface area contributed by atoms with E-state index >= 15 is 0 Å². The van der Waals surface area contributed by atoms with Gasteiger partial charge in [0.05, 0.1) is 0 Å². The van der Waals surface area contributed by atoms with Crippen LogP contribution in [-0.2, 0) is 0 Å². The van der Waals surface area contributed by atoms with Gasteiger partial charge < -0.3 is 11.5 Å². The molecule has 0 atom stereocenters. The molecule has 0 aliphatic rings. The molecule has 0 saturated heterocycles. The second-order valence-electron chi connectivity index (χ2n) is 2.80. The average molecular weight is 255 g/mol. The Bertz CT molecular complexity index is 482. The minimum atomic E-state index is 0.317. The highest BCUT2D eigenvalue weighted by atomic mass is 35.5. The minimum Gasteiger partial charge on any atom is -0.383 e. The normalized spacial score (nSPS) is 10.3. The molecule has 0 radical (unpaired) electrons. The summed E-state index contributed by atoms with van der Waals surface area (Å²) >= 11 is 6.82. The lowest BCUT2D eigenvalue weighted by atomic mass is 10.5. The first-order valence-electron chi connectivity index (χ1n) is 4.20. The maximum Gasteiger partial charge on any atom is 0.197 e. The maximum absolute atomic E-state index is 5.61. The second-order valence-corrected chi connectivity index (χ2v) is 4.17. The Kier molecular flexibility index (Phi) is 3.07. The first-order valence-corrected chi connectivity index (χ1v) is 5.40. The Morgan fingerprint density at radius 3 is 2.31 bits per heavy atom. The summed E-state index contributed by atoms with van der Waals surface area (Å²) in [4.78, 5) is 8.00. The molecule has 0 saturated carbocycles. The number of rotatable bonds is 2. The number of anilines is 2. The molecule has 82 valence electrons. The molecule has 2 aromatic rings. The number of hydrogen-bond donors (Lipinski definition) is 2. The van der Waals surface area contributed by atoms with Crippen LogP contribution in [0.2, 0.25) is 5.15 Å². The predicted molar refractivity (Wildman–Crippen MR) is 62.0 cm³/mol. The van der Waals surface area contributed by atoms with Gasteiger partial charge in [0.15, 0.2) is 10.3 Å². The fourth-order valence-electron chi connectivity index (χ4n) is 0.959. The summed E-state index contributed by atoms with van der Waals surface area (Å²) in [6.07, 6.45) is 0. The second kappa shape index (κ2) is 4.50. The molecule has 2 rings (SSSR count). The third-order valence-electron chi connectivity index (χ3n) is 1.55. The first-order chi connectivity index (χ1) is 7.63. The fourth-order valence-corrected chi connectivity index (χ4v) is 1.77. The summed E-state index contributed by atoms with van der Waals surface area (Å²) < 4.78 is 0. The molecule has 0 amide bonds. The van der Waals surface area contributed by atoms with Gasteiger partial charge in [0.25, 0.3) is 0 Å². The molecule has 2 heterocycles. The molecule has 0 aliphatic heterocycles. The topological polar surface area (TPSA) is 104 Å². The molecule has 0 aliphatic carbocycles. The molecule has 6 nitrogen and oxygen atoms in total. The fraction of sp³-hybridized carbons (Fsp3) is 0. The van der Waals surface area contributed by atoms with Gasteiger partial charge in [-0.15, -0.1) is 10.2 Å². The van der Waals surface area contributed by atoms with E-state index in [0.29, 0.717) is 27.0 Å². The largest absolute Gasteiger partial charge is 0.383 e. The highest BCUT2D eigenvalue weighted by molar-refractivity contribution is 7.99. The predicted octanol–water partition coefficient (Wildman–Crippen LogP) is 1.24. The Balaban J connectivity index is 2.23. The van der Waals surface area contributed by atoms with Crippen molar-refractivity contribution < 1.29 is 0 Å². The third kappa shape index (κ3) is 2.71. The zero-order chi connectivity index (χ0) is 11.5. The van der Waals surface area contributed by atoms with Crippen LogP contribution in [0.5, 0.6) is 0 Å². The van der Waals surface area contributed by atoms with E-state index in [-0.39, 0.29) is 0 Å². The smallest absolute Gasteiger partial charge is 0.197 e. The van der Waals surface area contributed by atoms with Crippen molar-refractivity contribution in [2.24, 2.45) is 0 Å². The molecule has 2 aromatic heterocycles. The molecule has 16 heavy (non-hydrogen) atoms. The molecule has 4 N–H and O–H groups in total. The van der Waals surface area contributed by atoms with E-state index in [2.05, 4.69) is 20.2 Å². The lowest BCUT2D eigenvalue weighted by Gasteiger charge is -2.01. The summed E-state index contributed by atoms with van der Waals surface area (Å²) in [7, 11) is 0. The molecule has 0 bridgehead atoms. The van der Waals surface area contributed by atoms with Crippen molar-refractivity contribution in [3.63, 3.8) is 0 Å². The van der Waals surface area contributed by atoms with Crippen molar-refractivity contribution in [1.29, 1.82) is 0 Å². The van der Waals surface area contributed by atoms with Crippen LogP contribution in [0.4, 0.5) is 11.6 Å². The van der Waals surface area contributed by atoms with Crippen molar-refractivity contribution >= 4 is 35.0 Å². The number of nitrogen functional groups attached to an aromatic ring is 2. The van der Waals surface area contributed by atoms with Gasteiger partial charge in [-0.2, -0.15) is 0 Å². The summed E-state index contributed by atoms with van der Waals surface area (Å²) in [5.74, 6) is 0.633. The standard InChI is InChI=1S/C8H7ClN6S/c9-4-1-2-7(15-14-4)16-8-12-5(10)3-6(11)13-8/h1-3H,(H4,10,11,12,13). The van der Waals surface area contributed by atoms with Gasteiger partial charge in [0.1, 0.15) is 16.7 Å². The van der Waals surface area contributed by atoms with E-state index in [1.165, 1.54) is 17.8 Å². The van der Waals surface area contributed by atoms with Crippen molar-refractivity contribution in [1.82, 2.24) is 20.2 Å². The monoisotopic (exact) mass is 254 g/mol. The zero-order valence-corrected chi connectivity index (χ0v) is 9.53. The summed E-state index contributed by atoms with van der Waals surface area (Å²) in [5, 5.41) is 8.92. The van der Waals surface area contributed by atoms with Gasteiger partial charge in [-0.3, -0.25) is 0 Å². The number of nitrogens with zero attached hydrogens (tertiary/aromatic N) is 4. The van der Waals surface area contributed by atoms with Gasteiger partial charge in [-0.1, -0.05) is 11.6 Å². The summed E-state index contributed by atoms with van der Waals surface area (Å²) in [5.41, 5.74) is 11.1. The lowest BCUT2D eigenvalue weighted by Crippen LogP contribution is -1.99. The molecular weight excluding hydrogens is 248 g/mol. The van der Waals surface area contributed by atoms with Gasteiger partial charge in [0.2, 0.25) is 0 Å². The van der Waals surface area contributed by atoms with Crippen molar-refractivity contribution in [2.75, 3.05) is 11.5 Å². The molecule has 0 spiro atoms. The van der Waals surface area contributed by atoms with Gasteiger partial charge in [-0.05, 0) is 23.9 Å². The Morgan fingerprint density at radius 2 is 1.75 bits per heavy atom. The minimum absolute atomic E-state index is 0.317. The van der Waals surface area contributed by atoms with E-state index in [4.69, 9.17) is 23.1 Å². The van der Waals surface area contributed by atoms with E-state index in [9.17, 15) is 0 Å². The molecule has 0 unspecified atom stereocenters. The van der Waals surface area contributed by atoms with Crippen molar-refractivity contribution in [3.05, 3.63) is 23.4 Å². The maximum atomic E-state index is 5.61. The third-order valence-corrected chi connectivity index (χ3v) is 2.54. The summed E-state index contributed by atoms with van der Waals surface area (Å²) in [6.45, 7) is 0.